The normalized spacial score (nSPS) is 12.1. The Morgan fingerprint density at radius 3 is 2.57 bits per heavy atom. The molecule has 4 aromatic rings. The molecule has 0 radical (unpaired) electrons. The van der Waals surface area contributed by atoms with Crippen LogP contribution in [0.25, 0.3) is 10.6 Å². The van der Waals surface area contributed by atoms with Gasteiger partial charge in [-0.2, -0.15) is 0 Å². The van der Waals surface area contributed by atoms with Gasteiger partial charge in [-0.3, -0.25) is 15.0 Å². The van der Waals surface area contributed by atoms with Crippen molar-refractivity contribution in [3.8, 4) is 10.6 Å². The summed E-state index contributed by atoms with van der Waals surface area (Å²) < 4.78 is 13.2. The van der Waals surface area contributed by atoms with Crippen LogP contribution in [0.5, 0.6) is 0 Å². The standard InChI is InChI=1S/C21H18FN5S/c1-14(15-2-4-16(22)5-3-15)8-21-26-17(9-18-11-23-6-7-25-18)10-19(27-21)20-12-24-13-28-20/h2-7,10-14H,8-9H2,1H3/t14-/m1/s1. The van der Waals surface area contributed by atoms with Crippen LogP contribution in [-0.4, -0.2) is 24.9 Å². The molecule has 1 aromatic carbocycles. The van der Waals surface area contributed by atoms with Crippen molar-refractivity contribution < 1.29 is 4.39 Å². The fraction of sp³-hybridized carbons (Fsp3) is 0.190. The molecule has 0 bridgehead atoms. The molecule has 4 rings (SSSR count). The van der Waals surface area contributed by atoms with Crippen LogP contribution in [0.2, 0.25) is 0 Å². The van der Waals surface area contributed by atoms with Crippen molar-refractivity contribution in [2.45, 2.75) is 25.7 Å². The molecular formula is C21H18FN5S. The van der Waals surface area contributed by atoms with Crippen LogP contribution >= 0.6 is 11.3 Å². The molecule has 0 saturated carbocycles. The highest BCUT2D eigenvalue weighted by Gasteiger charge is 2.13. The van der Waals surface area contributed by atoms with Crippen molar-refractivity contribution >= 4 is 11.3 Å². The zero-order chi connectivity index (χ0) is 19.3. The van der Waals surface area contributed by atoms with Crippen molar-refractivity contribution in [2.24, 2.45) is 0 Å². The Kier molecular flexibility index (Phi) is 5.43. The molecule has 3 aromatic heterocycles. The number of benzene rings is 1. The first-order valence-electron chi connectivity index (χ1n) is 8.93. The Morgan fingerprint density at radius 1 is 1.00 bits per heavy atom. The van der Waals surface area contributed by atoms with Gasteiger partial charge in [-0.15, -0.1) is 11.3 Å². The van der Waals surface area contributed by atoms with Crippen LogP contribution < -0.4 is 0 Å². The van der Waals surface area contributed by atoms with Crippen molar-refractivity contribution in [1.29, 1.82) is 0 Å². The second-order valence-electron chi connectivity index (χ2n) is 6.56. The van der Waals surface area contributed by atoms with Crippen LogP contribution in [0.1, 0.15) is 35.6 Å². The third-order valence-electron chi connectivity index (χ3n) is 4.42. The van der Waals surface area contributed by atoms with E-state index >= 15 is 0 Å². The minimum Gasteiger partial charge on any atom is -0.261 e. The molecule has 0 saturated heterocycles. The van der Waals surface area contributed by atoms with Gasteiger partial charge in [-0.25, -0.2) is 14.4 Å². The van der Waals surface area contributed by atoms with Crippen LogP contribution in [0.15, 0.2) is 60.6 Å². The summed E-state index contributed by atoms with van der Waals surface area (Å²) in [6, 6.07) is 8.58. The highest BCUT2D eigenvalue weighted by Crippen LogP contribution is 2.25. The Bertz CT molecular complexity index is 1040. The number of hydrogen-bond acceptors (Lipinski definition) is 6. The molecule has 0 fully saturated rings. The van der Waals surface area contributed by atoms with Gasteiger partial charge in [-0.05, 0) is 29.7 Å². The zero-order valence-corrected chi connectivity index (χ0v) is 16.1. The predicted octanol–water partition coefficient (Wildman–Crippen LogP) is 4.47. The number of thiazole rings is 1. The number of hydrogen-bond donors (Lipinski definition) is 0. The molecule has 1 atom stereocenters. The summed E-state index contributed by atoms with van der Waals surface area (Å²) in [5, 5.41) is 0. The third kappa shape index (κ3) is 4.43. The fourth-order valence-electron chi connectivity index (χ4n) is 2.99. The van der Waals surface area contributed by atoms with E-state index in [1.54, 1.807) is 35.4 Å². The van der Waals surface area contributed by atoms with Crippen molar-refractivity contribution in [3.05, 3.63) is 89.2 Å². The van der Waals surface area contributed by atoms with Gasteiger partial charge in [0.1, 0.15) is 11.6 Å². The average Bonchev–Trinajstić information content (AvgIpc) is 3.24. The van der Waals surface area contributed by atoms with Gasteiger partial charge >= 0.3 is 0 Å². The second kappa shape index (κ2) is 8.31. The van der Waals surface area contributed by atoms with E-state index < -0.39 is 0 Å². The first-order chi connectivity index (χ1) is 13.7. The van der Waals surface area contributed by atoms with Crippen LogP contribution in [-0.2, 0) is 12.8 Å². The number of halogens is 1. The lowest BCUT2D eigenvalue weighted by molar-refractivity contribution is 0.624. The van der Waals surface area contributed by atoms with Crippen LogP contribution in [0.4, 0.5) is 4.39 Å². The Hall–Kier alpha value is -3.06. The molecule has 0 N–H and O–H groups in total. The van der Waals surface area contributed by atoms with E-state index in [1.807, 2.05) is 24.4 Å². The van der Waals surface area contributed by atoms with Gasteiger partial charge in [0, 0.05) is 37.6 Å². The molecule has 3 heterocycles. The number of rotatable bonds is 6. The Labute approximate surface area is 166 Å². The maximum Gasteiger partial charge on any atom is 0.129 e. The van der Waals surface area contributed by atoms with Crippen LogP contribution in [0, 0.1) is 5.82 Å². The lowest BCUT2D eigenvalue weighted by Gasteiger charge is -2.13. The maximum absolute atomic E-state index is 13.2. The van der Waals surface area contributed by atoms with Gasteiger partial charge in [0.25, 0.3) is 0 Å². The van der Waals surface area contributed by atoms with Crippen molar-refractivity contribution in [1.82, 2.24) is 24.9 Å². The molecule has 0 unspecified atom stereocenters. The highest BCUT2D eigenvalue weighted by atomic mass is 32.1. The Morgan fingerprint density at radius 2 is 1.86 bits per heavy atom. The molecule has 28 heavy (non-hydrogen) atoms. The summed E-state index contributed by atoms with van der Waals surface area (Å²) in [6.45, 7) is 2.10. The van der Waals surface area contributed by atoms with Crippen molar-refractivity contribution in [3.63, 3.8) is 0 Å². The second-order valence-corrected chi connectivity index (χ2v) is 7.44. The maximum atomic E-state index is 13.2. The molecule has 140 valence electrons. The highest BCUT2D eigenvalue weighted by molar-refractivity contribution is 7.13. The summed E-state index contributed by atoms with van der Waals surface area (Å²) in [6.07, 6.45) is 8.13. The zero-order valence-electron chi connectivity index (χ0n) is 15.3. The number of aromatic nitrogens is 5. The first-order valence-corrected chi connectivity index (χ1v) is 9.81. The fourth-order valence-corrected chi connectivity index (χ4v) is 3.57. The topological polar surface area (TPSA) is 64.5 Å². The van der Waals surface area contributed by atoms with E-state index in [2.05, 4.69) is 21.9 Å². The minimum absolute atomic E-state index is 0.168. The molecule has 0 aliphatic carbocycles. The van der Waals surface area contributed by atoms with Gasteiger partial charge in [0.05, 0.1) is 27.5 Å². The quantitative estimate of drug-likeness (QED) is 0.485. The van der Waals surface area contributed by atoms with Gasteiger partial charge < -0.3 is 0 Å². The summed E-state index contributed by atoms with van der Waals surface area (Å²) in [5.74, 6) is 0.689. The SMILES string of the molecule is C[C@H](Cc1nc(Cc2cnccn2)cc(-c2cncs2)n1)c1ccc(F)cc1. The summed E-state index contributed by atoms with van der Waals surface area (Å²) in [7, 11) is 0. The molecule has 0 spiro atoms. The molecule has 5 nitrogen and oxygen atoms in total. The van der Waals surface area contributed by atoms with Gasteiger partial charge in [0.15, 0.2) is 0 Å². The molecule has 0 aliphatic heterocycles. The van der Waals surface area contributed by atoms with E-state index in [0.717, 1.165) is 33.3 Å². The van der Waals surface area contributed by atoms with E-state index in [0.29, 0.717) is 12.8 Å². The van der Waals surface area contributed by atoms with Gasteiger partial charge in [-0.1, -0.05) is 19.1 Å². The Balaban J connectivity index is 1.64. The molecule has 0 aliphatic rings. The smallest absolute Gasteiger partial charge is 0.129 e. The van der Waals surface area contributed by atoms with E-state index in [4.69, 9.17) is 9.97 Å². The van der Waals surface area contributed by atoms with Gasteiger partial charge in [0.2, 0.25) is 0 Å². The molecular weight excluding hydrogens is 373 g/mol. The van der Waals surface area contributed by atoms with E-state index in [1.165, 1.54) is 12.1 Å². The average molecular weight is 391 g/mol. The van der Waals surface area contributed by atoms with Crippen LogP contribution in [0.3, 0.4) is 0 Å². The molecule has 0 amide bonds. The van der Waals surface area contributed by atoms with E-state index in [9.17, 15) is 4.39 Å². The molecule has 7 heteroatoms. The summed E-state index contributed by atoms with van der Waals surface area (Å²) in [5.41, 5.74) is 5.45. The monoisotopic (exact) mass is 391 g/mol. The summed E-state index contributed by atoms with van der Waals surface area (Å²) >= 11 is 1.55. The van der Waals surface area contributed by atoms with Crippen molar-refractivity contribution in [2.75, 3.05) is 0 Å². The van der Waals surface area contributed by atoms with E-state index in [-0.39, 0.29) is 11.7 Å². The number of nitrogens with zero attached hydrogens (tertiary/aromatic N) is 5. The minimum atomic E-state index is -0.231. The summed E-state index contributed by atoms with van der Waals surface area (Å²) in [4.78, 5) is 23.1. The third-order valence-corrected chi connectivity index (χ3v) is 5.21. The largest absolute Gasteiger partial charge is 0.261 e. The lowest BCUT2D eigenvalue weighted by atomic mass is 9.97. The predicted molar refractivity (Wildman–Crippen MR) is 106 cm³/mol. The lowest BCUT2D eigenvalue weighted by Crippen LogP contribution is -2.07. The first kappa shape index (κ1) is 18.3.